The Kier molecular flexibility index (Phi) is 7.11. The molecule has 0 bridgehead atoms. The van der Waals surface area contributed by atoms with Gasteiger partial charge in [0, 0.05) is 19.6 Å². The van der Waals surface area contributed by atoms with Gasteiger partial charge in [-0.1, -0.05) is 26.0 Å². The van der Waals surface area contributed by atoms with E-state index in [1.165, 1.54) is 5.57 Å². The van der Waals surface area contributed by atoms with Crippen LogP contribution in [-0.4, -0.2) is 37.7 Å². The summed E-state index contributed by atoms with van der Waals surface area (Å²) in [5, 5.41) is 0. The molecular formula is C10H21NO. The average molecular weight is 171 g/mol. The van der Waals surface area contributed by atoms with E-state index in [0.29, 0.717) is 0 Å². The fourth-order valence-corrected chi connectivity index (χ4v) is 1.14. The zero-order valence-electron chi connectivity index (χ0n) is 8.60. The summed E-state index contributed by atoms with van der Waals surface area (Å²) in [6, 6.07) is 0. The molecule has 0 atom stereocenters. The molecule has 0 aromatic rings. The van der Waals surface area contributed by atoms with E-state index in [0.717, 1.165) is 32.8 Å². The highest BCUT2D eigenvalue weighted by Gasteiger charge is 2.08. The van der Waals surface area contributed by atoms with Crippen LogP contribution in [0.25, 0.3) is 0 Å². The van der Waals surface area contributed by atoms with E-state index in [2.05, 4.69) is 18.4 Å². The van der Waals surface area contributed by atoms with Crippen molar-refractivity contribution in [3.05, 3.63) is 12.2 Å². The lowest BCUT2D eigenvalue weighted by Crippen LogP contribution is -2.37. The molecule has 0 aliphatic carbocycles. The molecule has 0 N–H and O–H groups in total. The summed E-state index contributed by atoms with van der Waals surface area (Å²) in [6.45, 7) is 14.9. The minimum absolute atomic E-state index is 0.882. The first-order valence-electron chi connectivity index (χ1n) is 4.73. The highest BCUT2D eigenvalue weighted by atomic mass is 16.5. The Bertz CT molecular complexity index is 117. The van der Waals surface area contributed by atoms with Gasteiger partial charge in [-0.05, 0) is 6.92 Å². The van der Waals surface area contributed by atoms with Crippen LogP contribution in [0.2, 0.25) is 0 Å². The van der Waals surface area contributed by atoms with Gasteiger partial charge in [0.1, 0.15) is 0 Å². The summed E-state index contributed by atoms with van der Waals surface area (Å²) in [5.74, 6) is 0. The number of morpholine rings is 1. The summed E-state index contributed by atoms with van der Waals surface area (Å²) in [7, 11) is 0. The zero-order valence-corrected chi connectivity index (χ0v) is 8.60. The second-order valence-electron chi connectivity index (χ2n) is 2.85. The van der Waals surface area contributed by atoms with E-state index in [1.807, 2.05) is 13.8 Å². The fourth-order valence-electron chi connectivity index (χ4n) is 1.14. The van der Waals surface area contributed by atoms with E-state index >= 15 is 0 Å². The topological polar surface area (TPSA) is 12.5 Å². The number of hydrogen-bond donors (Lipinski definition) is 0. The van der Waals surface area contributed by atoms with Crippen molar-refractivity contribution in [1.29, 1.82) is 0 Å². The molecule has 0 aromatic carbocycles. The molecule has 0 amide bonds. The predicted octanol–water partition coefficient (Wildman–Crippen LogP) is 1.92. The second kappa shape index (κ2) is 7.32. The van der Waals surface area contributed by atoms with Crippen molar-refractivity contribution in [2.24, 2.45) is 0 Å². The van der Waals surface area contributed by atoms with Crippen LogP contribution in [0.3, 0.4) is 0 Å². The molecule has 1 aliphatic rings. The van der Waals surface area contributed by atoms with Crippen LogP contribution in [0, 0.1) is 0 Å². The molecule has 1 aliphatic heterocycles. The highest BCUT2D eigenvalue weighted by molar-refractivity contribution is 4.92. The van der Waals surface area contributed by atoms with E-state index in [1.54, 1.807) is 0 Å². The smallest absolute Gasteiger partial charge is 0.0594 e. The Morgan fingerprint density at radius 3 is 2.25 bits per heavy atom. The summed E-state index contributed by atoms with van der Waals surface area (Å²) >= 11 is 0. The fraction of sp³-hybridized carbons (Fsp3) is 0.800. The van der Waals surface area contributed by atoms with Gasteiger partial charge in [0.15, 0.2) is 0 Å². The largest absolute Gasteiger partial charge is 0.379 e. The van der Waals surface area contributed by atoms with Gasteiger partial charge in [-0.25, -0.2) is 0 Å². The van der Waals surface area contributed by atoms with Crippen molar-refractivity contribution in [3.63, 3.8) is 0 Å². The minimum Gasteiger partial charge on any atom is -0.379 e. The van der Waals surface area contributed by atoms with Gasteiger partial charge in [0.2, 0.25) is 0 Å². The molecule has 1 saturated heterocycles. The molecular weight excluding hydrogens is 150 g/mol. The molecule has 72 valence electrons. The van der Waals surface area contributed by atoms with Crippen LogP contribution >= 0.6 is 0 Å². The monoisotopic (exact) mass is 171 g/mol. The first-order chi connectivity index (χ1) is 5.79. The van der Waals surface area contributed by atoms with Crippen LogP contribution in [-0.2, 0) is 4.74 Å². The third-order valence-electron chi connectivity index (χ3n) is 1.60. The van der Waals surface area contributed by atoms with E-state index in [4.69, 9.17) is 4.74 Å². The van der Waals surface area contributed by atoms with Crippen LogP contribution in [0.1, 0.15) is 20.8 Å². The molecule has 1 heterocycles. The van der Waals surface area contributed by atoms with E-state index < -0.39 is 0 Å². The van der Waals surface area contributed by atoms with Crippen LogP contribution in [0.5, 0.6) is 0 Å². The summed E-state index contributed by atoms with van der Waals surface area (Å²) in [6.07, 6.45) is 0. The maximum absolute atomic E-state index is 5.21. The lowest BCUT2D eigenvalue weighted by atomic mass is 10.3. The summed E-state index contributed by atoms with van der Waals surface area (Å²) in [5.41, 5.74) is 1.24. The SMILES string of the molecule is C=C(C)CN1CCOCC1.CC. The van der Waals surface area contributed by atoms with Gasteiger partial charge < -0.3 is 4.74 Å². The Labute approximate surface area is 76.2 Å². The van der Waals surface area contributed by atoms with Crippen molar-refractivity contribution in [1.82, 2.24) is 4.90 Å². The van der Waals surface area contributed by atoms with Gasteiger partial charge in [-0.3, -0.25) is 4.90 Å². The average Bonchev–Trinajstić information content (AvgIpc) is 2.08. The molecule has 12 heavy (non-hydrogen) atoms. The summed E-state index contributed by atoms with van der Waals surface area (Å²) < 4.78 is 5.21. The van der Waals surface area contributed by atoms with Gasteiger partial charge in [-0.15, -0.1) is 0 Å². The molecule has 0 aromatic heterocycles. The third kappa shape index (κ3) is 5.33. The van der Waals surface area contributed by atoms with Gasteiger partial charge in [-0.2, -0.15) is 0 Å². The number of hydrogen-bond acceptors (Lipinski definition) is 2. The Hall–Kier alpha value is -0.340. The maximum atomic E-state index is 5.21. The van der Waals surface area contributed by atoms with Crippen molar-refractivity contribution < 1.29 is 4.74 Å². The lowest BCUT2D eigenvalue weighted by molar-refractivity contribution is 0.0423. The van der Waals surface area contributed by atoms with Gasteiger partial charge in [0.05, 0.1) is 13.2 Å². The third-order valence-corrected chi connectivity index (χ3v) is 1.60. The van der Waals surface area contributed by atoms with Crippen molar-refractivity contribution in [3.8, 4) is 0 Å². The molecule has 0 spiro atoms. The molecule has 2 heteroatoms. The van der Waals surface area contributed by atoms with Gasteiger partial charge in [0.25, 0.3) is 0 Å². The quantitative estimate of drug-likeness (QED) is 0.589. The minimum atomic E-state index is 0.882. The predicted molar refractivity (Wildman–Crippen MR) is 53.4 cm³/mol. The van der Waals surface area contributed by atoms with Crippen molar-refractivity contribution >= 4 is 0 Å². The first-order valence-corrected chi connectivity index (χ1v) is 4.73. The molecule has 2 nitrogen and oxygen atoms in total. The molecule has 1 fully saturated rings. The van der Waals surface area contributed by atoms with Crippen molar-refractivity contribution in [2.45, 2.75) is 20.8 Å². The highest BCUT2D eigenvalue weighted by Crippen LogP contribution is 1.99. The van der Waals surface area contributed by atoms with Crippen molar-refractivity contribution in [2.75, 3.05) is 32.8 Å². The molecule has 0 radical (unpaired) electrons. The maximum Gasteiger partial charge on any atom is 0.0594 e. The van der Waals surface area contributed by atoms with E-state index in [9.17, 15) is 0 Å². The molecule has 0 unspecified atom stereocenters. The Morgan fingerprint density at radius 2 is 1.83 bits per heavy atom. The second-order valence-corrected chi connectivity index (χ2v) is 2.85. The Balaban J connectivity index is 0.000000561. The first kappa shape index (κ1) is 11.7. The zero-order chi connectivity index (χ0) is 9.40. The number of nitrogens with zero attached hydrogens (tertiary/aromatic N) is 1. The normalized spacial score (nSPS) is 17.9. The summed E-state index contributed by atoms with van der Waals surface area (Å²) in [4.78, 5) is 2.37. The number of ether oxygens (including phenoxy) is 1. The number of rotatable bonds is 2. The lowest BCUT2D eigenvalue weighted by Gasteiger charge is -2.26. The molecule has 0 saturated carbocycles. The van der Waals surface area contributed by atoms with Crippen LogP contribution < -0.4 is 0 Å². The Morgan fingerprint density at radius 1 is 1.33 bits per heavy atom. The van der Waals surface area contributed by atoms with Crippen LogP contribution in [0.4, 0.5) is 0 Å². The molecule has 1 rings (SSSR count). The van der Waals surface area contributed by atoms with E-state index in [-0.39, 0.29) is 0 Å². The van der Waals surface area contributed by atoms with Gasteiger partial charge >= 0.3 is 0 Å². The standard InChI is InChI=1S/C8H15NO.C2H6/c1-8(2)7-9-3-5-10-6-4-9;1-2/h1,3-7H2,2H3;1-2H3. The van der Waals surface area contributed by atoms with Crippen LogP contribution in [0.15, 0.2) is 12.2 Å².